The van der Waals surface area contributed by atoms with Crippen LogP contribution in [0.15, 0.2) is 48.5 Å². The van der Waals surface area contributed by atoms with Crippen LogP contribution in [0.1, 0.15) is 21.5 Å². The van der Waals surface area contributed by atoms with Gasteiger partial charge in [-0.2, -0.15) is 0 Å². The average molecular weight is 245 g/mol. The Morgan fingerprint density at radius 1 is 0.947 bits per heavy atom. The highest BCUT2D eigenvalue weighted by molar-refractivity contribution is 6.04. The number of amides is 1. The summed E-state index contributed by atoms with van der Waals surface area (Å²) in [7, 11) is 0. The largest absolute Gasteiger partial charge is 0.322 e. The van der Waals surface area contributed by atoms with Crippen LogP contribution in [0, 0.1) is 24.7 Å². The Labute approximate surface area is 112 Å². The molecule has 90 valence electrons. The van der Waals surface area contributed by atoms with Gasteiger partial charge in [-0.05, 0) is 36.4 Å². The lowest BCUT2D eigenvalue weighted by Crippen LogP contribution is -2.12. The van der Waals surface area contributed by atoms with E-state index in [9.17, 15) is 4.79 Å². The van der Waals surface area contributed by atoms with Crippen LogP contribution in [0.2, 0.25) is 0 Å². The van der Waals surface area contributed by atoms with Crippen molar-refractivity contribution < 1.29 is 4.79 Å². The van der Waals surface area contributed by atoms with Crippen molar-refractivity contribution in [3.05, 3.63) is 65.2 Å². The third-order valence-corrected chi connectivity index (χ3v) is 2.58. The highest BCUT2D eigenvalue weighted by Crippen LogP contribution is 2.12. The molecule has 0 radical (unpaired) electrons. The van der Waals surface area contributed by atoms with Gasteiger partial charge in [-0.15, -0.1) is 12.8 Å². The van der Waals surface area contributed by atoms with Gasteiger partial charge in [0, 0.05) is 22.4 Å². The second-order valence-electron chi connectivity index (χ2n) is 3.90. The molecule has 0 heterocycles. The second-order valence-corrected chi connectivity index (χ2v) is 3.90. The normalized spacial score (nSPS) is 9.16. The number of carbonyl (C=O) groups excluding carboxylic acids is 1. The van der Waals surface area contributed by atoms with E-state index in [0.717, 1.165) is 5.56 Å². The molecule has 0 bridgehead atoms. The Balaban J connectivity index is 2.21. The standard InChI is InChI=1S/C17H11NO/c1-3-13-7-5-9-15(11-13)17(19)18-16-10-6-8-14(4-2)12-16/h1-2,5-12H,(H,18,19). The molecule has 2 aromatic carbocycles. The molecule has 1 N–H and O–H groups in total. The Hall–Kier alpha value is -2.97. The molecule has 0 aliphatic rings. The van der Waals surface area contributed by atoms with Gasteiger partial charge in [-0.3, -0.25) is 4.79 Å². The van der Waals surface area contributed by atoms with E-state index in [1.54, 1.807) is 48.5 Å². The number of hydrogen-bond donors (Lipinski definition) is 1. The fraction of sp³-hybridized carbons (Fsp3) is 0. The molecule has 2 rings (SSSR count). The molecule has 0 unspecified atom stereocenters. The molecule has 0 aliphatic heterocycles. The molecule has 0 aromatic heterocycles. The number of terminal acetylenes is 2. The second kappa shape index (κ2) is 5.58. The van der Waals surface area contributed by atoms with E-state index in [1.165, 1.54) is 0 Å². The van der Waals surface area contributed by atoms with Crippen LogP contribution in [0.3, 0.4) is 0 Å². The number of anilines is 1. The highest BCUT2D eigenvalue weighted by atomic mass is 16.1. The predicted octanol–water partition coefficient (Wildman–Crippen LogP) is 2.90. The van der Waals surface area contributed by atoms with Gasteiger partial charge in [-0.25, -0.2) is 0 Å². The molecule has 0 saturated heterocycles. The third kappa shape index (κ3) is 3.03. The van der Waals surface area contributed by atoms with Gasteiger partial charge in [0.2, 0.25) is 0 Å². The summed E-state index contributed by atoms with van der Waals surface area (Å²) in [5.74, 6) is 4.80. The highest BCUT2D eigenvalue weighted by Gasteiger charge is 2.06. The van der Waals surface area contributed by atoms with Crippen LogP contribution in [-0.2, 0) is 0 Å². The van der Waals surface area contributed by atoms with Crippen LogP contribution in [0.4, 0.5) is 5.69 Å². The Morgan fingerprint density at radius 2 is 1.58 bits per heavy atom. The van der Waals surface area contributed by atoms with Crippen molar-refractivity contribution in [2.45, 2.75) is 0 Å². The van der Waals surface area contributed by atoms with Crippen molar-refractivity contribution in [2.75, 3.05) is 5.32 Å². The molecule has 1 amide bonds. The van der Waals surface area contributed by atoms with Gasteiger partial charge < -0.3 is 5.32 Å². The summed E-state index contributed by atoms with van der Waals surface area (Å²) < 4.78 is 0. The topological polar surface area (TPSA) is 29.1 Å². The third-order valence-electron chi connectivity index (χ3n) is 2.58. The van der Waals surface area contributed by atoms with Gasteiger partial charge in [0.05, 0.1) is 0 Å². The van der Waals surface area contributed by atoms with Crippen molar-refractivity contribution in [3.63, 3.8) is 0 Å². The Kier molecular flexibility index (Phi) is 3.67. The summed E-state index contributed by atoms with van der Waals surface area (Å²) in [6, 6.07) is 14.0. The van der Waals surface area contributed by atoms with E-state index in [4.69, 9.17) is 12.8 Å². The number of hydrogen-bond acceptors (Lipinski definition) is 1. The monoisotopic (exact) mass is 245 g/mol. The van der Waals surface area contributed by atoms with E-state index in [2.05, 4.69) is 17.2 Å². The summed E-state index contributed by atoms with van der Waals surface area (Å²) in [5.41, 5.74) is 2.56. The minimum absolute atomic E-state index is 0.216. The van der Waals surface area contributed by atoms with E-state index >= 15 is 0 Å². The average Bonchev–Trinajstić information content (AvgIpc) is 2.47. The van der Waals surface area contributed by atoms with Gasteiger partial charge in [0.1, 0.15) is 0 Å². The summed E-state index contributed by atoms with van der Waals surface area (Å²) in [6.07, 6.45) is 10.6. The lowest BCUT2D eigenvalue weighted by molar-refractivity contribution is 0.102. The summed E-state index contributed by atoms with van der Waals surface area (Å²) in [6.45, 7) is 0. The number of nitrogens with one attached hydrogen (secondary N) is 1. The van der Waals surface area contributed by atoms with Crippen LogP contribution in [0.25, 0.3) is 0 Å². The van der Waals surface area contributed by atoms with Crippen molar-refractivity contribution in [1.29, 1.82) is 0 Å². The lowest BCUT2D eigenvalue weighted by atomic mass is 10.1. The molecule has 2 nitrogen and oxygen atoms in total. The molecule has 0 fully saturated rings. The number of benzene rings is 2. The SMILES string of the molecule is C#Cc1cccc(NC(=O)c2cccc(C#C)c2)c1. The van der Waals surface area contributed by atoms with Crippen LogP contribution in [-0.4, -0.2) is 5.91 Å². The zero-order chi connectivity index (χ0) is 13.7. The molecule has 2 heteroatoms. The summed E-state index contributed by atoms with van der Waals surface area (Å²) in [4.78, 5) is 12.1. The molecule has 0 spiro atoms. The quantitative estimate of drug-likeness (QED) is 0.810. The van der Waals surface area contributed by atoms with Crippen LogP contribution < -0.4 is 5.32 Å². The molecular weight excluding hydrogens is 234 g/mol. The van der Waals surface area contributed by atoms with Gasteiger partial charge in [-0.1, -0.05) is 24.0 Å². The van der Waals surface area contributed by atoms with Crippen molar-refractivity contribution in [1.82, 2.24) is 0 Å². The Morgan fingerprint density at radius 3 is 2.26 bits per heavy atom. The van der Waals surface area contributed by atoms with Gasteiger partial charge >= 0.3 is 0 Å². The van der Waals surface area contributed by atoms with Crippen molar-refractivity contribution in [2.24, 2.45) is 0 Å². The molecule has 0 atom stereocenters. The smallest absolute Gasteiger partial charge is 0.255 e. The predicted molar refractivity (Wildman–Crippen MR) is 76.7 cm³/mol. The summed E-state index contributed by atoms with van der Waals surface area (Å²) in [5, 5.41) is 2.78. The van der Waals surface area contributed by atoms with Crippen molar-refractivity contribution >= 4 is 11.6 Å². The zero-order valence-electron chi connectivity index (χ0n) is 10.2. The van der Waals surface area contributed by atoms with E-state index in [1.807, 2.05) is 0 Å². The lowest BCUT2D eigenvalue weighted by Gasteiger charge is -2.06. The maximum atomic E-state index is 12.1. The Bertz CT molecular complexity index is 702. The minimum Gasteiger partial charge on any atom is -0.322 e. The molecule has 19 heavy (non-hydrogen) atoms. The van der Waals surface area contributed by atoms with Crippen LogP contribution >= 0.6 is 0 Å². The summed E-state index contributed by atoms with van der Waals surface area (Å²) >= 11 is 0. The molecule has 0 aliphatic carbocycles. The number of carbonyl (C=O) groups is 1. The number of rotatable bonds is 2. The zero-order valence-corrected chi connectivity index (χ0v) is 10.2. The van der Waals surface area contributed by atoms with E-state index < -0.39 is 0 Å². The first-order valence-corrected chi connectivity index (χ1v) is 5.67. The maximum absolute atomic E-state index is 12.1. The fourth-order valence-electron chi connectivity index (χ4n) is 1.64. The van der Waals surface area contributed by atoms with E-state index in [0.29, 0.717) is 16.8 Å². The van der Waals surface area contributed by atoms with Gasteiger partial charge in [0.25, 0.3) is 5.91 Å². The fourth-order valence-corrected chi connectivity index (χ4v) is 1.64. The first-order valence-electron chi connectivity index (χ1n) is 5.67. The first-order chi connectivity index (χ1) is 9.22. The van der Waals surface area contributed by atoms with Gasteiger partial charge in [0.15, 0.2) is 0 Å². The maximum Gasteiger partial charge on any atom is 0.255 e. The minimum atomic E-state index is -0.216. The molecular formula is C17H11NO. The van der Waals surface area contributed by atoms with E-state index in [-0.39, 0.29) is 5.91 Å². The van der Waals surface area contributed by atoms with Crippen LogP contribution in [0.5, 0.6) is 0 Å². The molecule has 2 aromatic rings. The first kappa shape index (κ1) is 12.5. The molecule has 0 saturated carbocycles. The van der Waals surface area contributed by atoms with Crippen molar-refractivity contribution in [3.8, 4) is 24.7 Å².